The molecule has 30 heavy (non-hydrogen) atoms. The summed E-state index contributed by atoms with van der Waals surface area (Å²) in [4.78, 5) is 17.3. The molecule has 5 rings (SSSR count). The molecule has 4 aromatic rings. The van der Waals surface area contributed by atoms with Gasteiger partial charge in [0.05, 0.1) is 16.8 Å². The average molecular weight is 403 g/mol. The summed E-state index contributed by atoms with van der Waals surface area (Å²) in [5, 5.41) is 16.1. The van der Waals surface area contributed by atoms with Crippen LogP contribution in [0, 0.1) is 0 Å². The highest BCUT2D eigenvalue weighted by Crippen LogP contribution is 2.32. The van der Waals surface area contributed by atoms with Crippen LogP contribution in [0.2, 0.25) is 0 Å². The van der Waals surface area contributed by atoms with Gasteiger partial charge in [-0.15, -0.1) is 0 Å². The summed E-state index contributed by atoms with van der Waals surface area (Å²) >= 11 is 0. The van der Waals surface area contributed by atoms with Crippen LogP contribution in [0.3, 0.4) is 0 Å². The number of carbonyl (C=O) groups is 1. The molecule has 3 heterocycles. The van der Waals surface area contributed by atoms with Crippen LogP contribution >= 0.6 is 0 Å². The highest BCUT2D eigenvalue weighted by molar-refractivity contribution is 6.00. The van der Waals surface area contributed by atoms with Gasteiger partial charge in [-0.1, -0.05) is 12.1 Å². The number of hydrogen-bond donors (Lipinski definition) is 3. The number of aromatic carboxylic acids is 1. The third kappa shape index (κ3) is 3.26. The van der Waals surface area contributed by atoms with Crippen LogP contribution in [0.5, 0.6) is 0 Å². The fourth-order valence-corrected chi connectivity index (χ4v) is 4.42. The molecule has 0 amide bonds. The van der Waals surface area contributed by atoms with Crippen molar-refractivity contribution in [3.63, 3.8) is 0 Å². The molecule has 7 heteroatoms. The number of piperidine rings is 1. The highest BCUT2D eigenvalue weighted by Gasteiger charge is 2.19. The van der Waals surface area contributed by atoms with E-state index in [9.17, 15) is 9.90 Å². The number of fused-ring (bicyclic) bond motifs is 2. The zero-order valence-corrected chi connectivity index (χ0v) is 16.9. The van der Waals surface area contributed by atoms with Gasteiger partial charge < -0.3 is 15.8 Å². The molecule has 0 saturated carbocycles. The molecule has 1 aliphatic heterocycles. The second kappa shape index (κ2) is 7.27. The van der Waals surface area contributed by atoms with Crippen LogP contribution in [0.15, 0.2) is 42.5 Å². The van der Waals surface area contributed by atoms with Crippen molar-refractivity contribution in [2.45, 2.75) is 25.4 Å². The van der Waals surface area contributed by atoms with Gasteiger partial charge in [0, 0.05) is 35.9 Å². The Kier molecular flexibility index (Phi) is 4.56. The van der Waals surface area contributed by atoms with E-state index < -0.39 is 5.97 Å². The number of hydrogen-bond acceptors (Lipinski definition) is 4. The fourth-order valence-electron chi connectivity index (χ4n) is 4.42. The molecular formula is C23H25N5O2. The number of H-pyrrole nitrogens is 1. The Labute approximate surface area is 174 Å². The first-order chi connectivity index (χ1) is 14.5. The van der Waals surface area contributed by atoms with E-state index in [1.165, 1.54) is 10.9 Å². The third-order valence-corrected chi connectivity index (χ3v) is 6.13. The van der Waals surface area contributed by atoms with Crippen molar-refractivity contribution in [2.75, 3.05) is 13.1 Å². The Morgan fingerprint density at radius 1 is 1.20 bits per heavy atom. The molecule has 1 fully saturated rings. The van der Waals surface area contributed by atoms with Crippen LogP contribution in [0.4, 0.5) is 0 Å². The molecule has 0 bridgehead atoms. The lowest BCUT2D eigenvalue weighted by molar-refractivity contribution is 0.0697. The Morgan fingerprint density at radius 3 is 2.77 bits per heavy atom. The van der Waals surface area contributed by atoms with Crippen LogP contribution in [0.25, 0.3) is 33.2 Å². The predicted molar refractivity (Wildman–Crippen MR) is 117 cm³/mol. The molecule has 1 aliphatic rings. The van der Waals surface area contributed by atoms with Gasteiger partial charge in [0.25, 0.3) is 0 Å². The molecule has 0 atom stereocenters. The molecule has 154 valence electrons. The second-order valence-electron chi connectivity index (χ2n) is 8.18. The summed E-state index contributed by atoms with van der Waals surface area (Å²) in [6, 6.07) is 14.0. The largest absolute Gasteiger partial charge is 0.478 e. The van der Waals surface area contributed by atoms with Gasteiger partial charge in [0.2, 0.25) is 0 Å². The minimum absolute atomic E-state index is 0.261. The molecule has 0 spiro atoms. The Balaban J connectivity index is 1.54. The van der Waals surface area contributed by atoms with E-state index in [1.807, 2.05) is 13.1 Å². The summed E-state index contributed by atoms with van der Waals surface area (Å²) < 4.78 is 1.74. The number of carboxylic acid groups (broad SMARTS) is 1. The van der Waals surface area contributed by atoms with Crippen LogP contribution in [-0.4, -0.2) is 49.9 Å². The molecule has 0 radical (unpaired) electrons. The van der Waals surface area contributed by atoms with Crippen molar-refractivity contribution < 1.29 is 9.90 Å². The van der Waals surface area contributed by atoms with E-state index in [1.54, 1.807) is 16.8 Å². The fraction of sp³-hybridized carbons (Fsp3) is 0.304. The van der Waals surface area contributed by atoms with Crippen LogP contribution in [0.1, 0.15) is 28.8 Å². The molecular weight excluding hydrogens is 378 g/mol. The number of carboxylic acids is 1. The minimum Gasteiger partial charge on any atom is -0.478 e. The lowest BCUT2D eigenvalue weighted by Gasteiger charge is -2.30. The van der Waals surface area contributed by atoms with E-state index in [0.717, 1.165) is 60.3 Å². The number of nitrogens with one attached hydrogen (secondary N) is 1. The van der Waals surface area contributed by atoms with E-state index >= 15 is 0 Å². The highest BCUT2D eigenvalue weighted by atomic mass is 16.4. The maximum atomic E-state index is 11.3. The summed E-state index contributed by atoms with van der Waals surface area (Å²) in [6.07, 6.45) is 2.10. The SMILES string of the molecule is Cn1nc(-c2cc3c(CN4CCC(N)CC4)cccc3[nH]2)c2ccc(C(=O)O)cc21. The molecule has 0 aliphatic carbocycles. The van der Waals surface area contributed by atoms with E-state index in [4.69, 9.17) is 5.73 Å². The van der Waals surface area contributed by atoms with E-state index in [-0.39, 0.29) is 5.56 Å². The first kappa shape index (κ1) is 18.8. The molecule has 1 saturated heterocycles. The molecule has 7 nitrogen and oxygen atoms in total. The van der Waals surface area contributed by atoms with E-state index in [2.05, 4.69) is 39.2 Å². The number of aryl methyl sites for hydroxylation is 1. The first-order valence-electron chi connectivity index (χ1n) is 10.3. The number of likely N-dealkylation sites (tertiary alicyclic amines) is 1. The van der Waals surface area contributed by atoms with Crippen molar-refractivity contribution in [3.05, 3.63) is 53.6 Å². The van der Waals surface area contributed by atoms with Crippen molar-refractivity contribution in [3.8, 4) is 11.4 Å². The van der Waals surface area contributed by atoms with Crippen LogP contribution in [-0.2, 0) is 13.6 Å². The van der Waals surface area contributed by atoms with Gasteiger partial charge >= 0.3 is 5.97 Å². The summed E-state index contributed by atoms with van der Waals surface area (Å²) in [5.41, 5.74) is 11.2. The molecule has 2 aromatic heterocycles. The summed E-state index contributed by atoms with van der Waals surface area (Å²) in [6.45, 7) is 2.98. The van der Waals surface area contributed by atoms with Crippen molar-refractivity contribution in [1.29, 1.82) is 0 Å². The number of nitrogens with two attached hydrogens (primary N) is 1. The summed E-state index contributed by atoms with van der Waals surface area (Å²) in [5.74, 6) is -0.937. The summed E-state index contributed by atoms with van der Waals surface area (Å²) in [7, 11) is 1.84. The van der Waals surface area contributed by atoms with Gasteiger partial charge in [-0.2, -0.15) is 5.10 Å². The van der Waals surface area contributed by atoms with Crippen molar-refractivity contribution in [2.24, 2.45) is 12.8 Å². The zero-order valence-electron chi connectivity index (χ0n) is 16.9. The number of nitrogens with zero attached hydrogens (tertiary/aromatic N) is 3. The number of aromatic nitrogens is 3. The Hall–Kier alpha value is -3.16. The van der Waals surface area contributed by atoms with E-state index in [0.29, 0.717) is 6.04 Å². The molecule has 2 aromatic carbocycles. The minimum atomic E-state index is -0.937. The molecule has 4 N–H and O–H groups in total. The van der Waals surface area contributed by atoms with Crippen LogP contribution < -0.4 is 5.73 Å². The van der Waals surface area contributed by atoms with Gasteiger partial charge in [-0.3, -0.25) is 9.58 Å². The number of aromatic amines is 1. The molecule has 0 unspecified atom stereocenters. The maximum Gasteiger partial charge on any atom is 0.335 e. The zero-order chi connectivity index (χ0) is 20.8. The number of benzene rings is 2. The lowest BCUT2D eigenvalue weighted by Crippen LogP contribution is -2.39. The van der Waals surface area contributed by atoms with Gasteiger partial charge in [-0.05, 0) is 61.8 Å². The van der Waals surface area contributed by atoms with Gasteiger partial charge in [0.15, 0.2) is 0 Å². The standard InChI is InChI=1S/C23H25N5O2/c1-27-21-11-14(23(29)30)5-6-17(21)22(26-27)20-12-18-15(3-2-4-19(18)25-20)13-28-9-7-16(24)8-10-28/h2-6,11-12,16,25H,7-10,13,24H2,1H3,(H,29,30). The van der Waals surface area contributed by atoms with Gasteiger partial charge in [-0.25, -0.2) is 4.79 Å². The number of rotatable bonds is 4. The average Bonchev–Trinajstić information content (AvgIpc) is 3.31. The Morgan fingerprint density at radius 2 is 2.00 bits per heavy atom. The topological polar surface area (TPSA) is 100 Å². The van der Waals surface area contributed by atoms with Crippen molar-refractivity contribution in [1.82, 2.24) is 19.7 Å². The van der Waals surface area contributed by atoms with Gasteiger partial charge in [0.1, 0.15) is 5.69 Å². The lowest BCUT2D eigenvalue weighted by atomic mass is 10.0. The first-order valence-corrected chi connectivity index (χ1v) is 10.3. The smallest absolute Gasteiger partial charge is 0.335 e. The normalized spacial score (nSPS) is 15.9. The third-order valence-electron chi connectivity index (χ3n) is 6.13. The quantitative estimate of drug-likeness (QED) is 0.485. The maximum absolute atomic E-state index is 11.3. The predicted octanol–water partition coefficient (Wildman–Crippen LogP) is 3.34. The monoisotopic (exact) mass is 403 g/mol. The second-order valence-corrected chi connectivity index (χ2v) is 8.18. The Bertz CT molecular complexity index is 1250. The van der Waals surface area contributed by atoms with Crippen molar-refractivity contribution >= 4 is 27.8 Å².